The molecule has 0 radical (unpaired) electrons. The van der Waals surface area contributed by atoms with Crippen LogP contribution in [0.2, 0.25) is 0 Å². The highest BCUT2D eigenvalue weighted by Gasteiger charge is 2.17. The molecule has 0 saturated carbocycles. The second kappa shape index (κ2) is 7.63. The highest BCUT2D eigenvalue weighted by Crippen LogP contribution is 2.17. The molecule has 1 aromatic rings. The van der Waals surface area contributed by atoms with Gasteiger partial charge in [0.05, 0.1) is 25.9 Å². The molecule has 1 saturated heterocycles. The van der Waals surface area contributed by atoms with Gasteiger partial charge < -0.3 is 14.8 Å². The Balaban J connectivity index is 1.80. The number of hydrogen-bond acceptors (Lipinski definition) is 3. The van der Waals surface area contributed by atoms with E-state index in [0.29, 0.717) is 5.92 Å². The van der Waals surface area contributed by atoms with Crippen LogP contribution >= 0.6 is 0 Å². The van der Waals surface area contributed by atoms with E-state index in [-0.39, 0.29) is 6.04 Å². The van der Waals surface area contributed by atoms with Gasteiger partial charge in [-0.3, -0.25) is 0 Å². The van der Waals surface area contributed by atoms with E-state index in [2.05, 4.69) is 36.5 Å². The number of nitrogens with one attached hydrogen (secondary N) is 1. The maximum atomic E-state index is 5.84. The van der Waals surface area contributed by atoms with Crippen molar-refractivity contribution in [2.24, 2.45) is 5.92 Å². The van der Waals surface area contributed by atoms with Gasteiger partial charge in [-0.05, 0) is 31.0 Å². The van der Waals surface area contributed by atoms with Crippen molar-refractivity contribution in [3.8, 4) is 0 Å². The van der Waals surface area contributed by atoms with Gasteiger partial charge in [-0.15, -0.1) is 0 Å². The molecule has 3 heteroatoms. The van der Waals surface area contributed by atoms with Gasteiger partial charge in [0.25, 0.3) is 0 Å². The molecule has 1 aliphatic heterocycles. The lowest BCUT2D eigenvalue weighted by Crippen LogP contribution is -2.23. The topological polar surface area (TPSA) is 30.5 Å². The van der Waals surface area contributed by atoms with Crippen LogP contribution in [0, 0.1) is 5.92 Å². The van der Waals surface area contributed by atoms with Gasteiger partial charge in [0.15, 0.2) is 0 Å². The molecule has 1 heterocycles. The van der Waals surface area contributed by atoms with Crippen LogP contribution in [0.15, 0.2) is 24.3 Å². The molecular weight excluding hydrogens is 238 g/mol. The van der Waals surface area contributed by atoms with Crippen LogP contribution in [0.3, 0.4) is 0 Å². The van der Waals surface area contributed by atoms with Crippen molar-refractivity contribution >= 4 is 0 Å². The second-order valence-corrected chi connectivity index (χ2v) is 5.20. The van der Waals surface area contributed by atoms with Crippen LogP contribution in [0.5, 0.6) is 0 Å². The lowest BCUT2D eigenvalue weighted by molar-refractivity contribution is 0.0758. The molecule has 106 valence electrons. The predicted molar refractivity (Wildman–Crippen MR) is 77.4 cm³/mol. The maximum Gasteiger partial charge on any atom is 0.0661 e. The summed E-state index contributed by atoms with van der Waals surface area (Å²) in [6.07, 6.45) is 2.22. The molecule has 1 N–H and O–H groups in total. The third kappa shape index (κ3) is 4.30. The van der Waals surface area contributed by atoms with Gasteiger partial charge in [-0.1, -0.05) is 31.2 Å². The summed E-state index contributed by atoms with van der Waals surface area (Å²) >= 11 is 0. The zero-order chi connectivity index (χ0) is 13.5. The molecule has 2 unspecified atom stereocenters. The highest BCUT2D eigenvalue weighted by molar-refractivity contribution is 5.25. The number of aryl methyl sites for hydroxylation is 1. The average Bonchev–Trinajstić information content (AvgIpc) is 2.97. The third-order valence-electron chi connectivity index (χ3n) is 3.80. The molecular formula is C16H25NO2. The lowest BCUT2D eigenvalue weighted by Gasteiger charge is -2.18. The zero-order valence-electron chi connectivity index (χ0n) is 12.0. The summed E-state index contributed by atoms with van der Waals surface area (Å²) in [7, 11) is 1.99. The first-order valence-electron chi connectivity index (χ1n) is 7.25. The van der Waals surface area contributed by atoms with Crippen LogP contribution in [-0.2, 0) is 15.9 Å². The molecule has 0 bridgehead atoms. The van der Waals surface area contributed by atoms with Crippen molar-refractivity contribution in [1.29, 1.82) is 0 Å². The average molecular weight is 263 g/mol. The van der Waals surface area contributed by atoms with Gasteiger partial charge in [0.1, 0.15) is 0 Å². The van der Waals surface area contributed by atoms with E-state index in [1.165, 1.54) is 11.1 Å². The molecule has 1 aromatic carbocycles. The van der Waals surface area contributed by atoms with E-state index in [1.807, 2.05) is 7.05 Å². The maximum absolute atomic E-state index is 5.84. The van der Waals surface area contributed by atoms with Gasteiger partial charge in [-0.25, -0.2) is 0 Å². The molecule has 1 fully saturated rings. The van der Waals surface area contributed by atoms with Crippen LogP contribution in [0.1, 0.15) is 30.5 Å². The molecule has 1 aliphatic rings. The Bertz CT molecular complexity index is 358. The lowest BCUT2D eigenvalue weighted by atomic mass is 10.0. The summed E-state index contributed by atoms with van der Waals surface area (Å²) in [5.74, 6) is 0.583. The van der Waals surface area contributed by atoms with E-state index in [0.717, 1.165) is 39.3 Å². The van der Waals surface area contributed by atoms with Gasteiger partial charge in [0, 0.05) is 12.5 Å². The molecule has 2 atom stereocenters. The van der Waals surface area contributed by atoms with E-state index < -0.39 is 0 Å². The van der Waals surface area contributed by atoms with Crippen LogP contribution in [-0.4, -0.2) is 33.5 Å². The first-order chi connectivity index (χ1) is 9.33. The van der Waals surface area contributed by atoms with E-state index >= 15 is 0 Å². The largest absolute Gasteiger partial charge is 0.381 e. The minimum atomic E-state index is 0.272. The smallest absolute Gasteiger partial charge is 0.0661 e. The summed E-state index contributed by atoms with van der Waals surface area (Å²) in [6, 6.07) is 9.06. The Morgan fingerprint density at radius 2 is 2.16 bits per heavy atom. The second-order valence-electron chi connectivity index (χ2n) is 5.20. The molecule has 0 amide bonds. The van der Waals surface area contributed by atoms with Crippen molar-refractivity contribution in [2.45, 2.75) is 25.8 Å². The standard InChI is InChI=1S/C16H25NO2/c1-3-13-4-6-15(7-5-13)16(17-2)12-19-11-14-8-9-18-10-14/h4-7,14,16-17H,3,8-12H2,1-2H3. The molecule has 0 aromatic heterocycles. The molecule has 3 nitrogen and oxygen atoms in total. The third-order valence-corrected chi connectivity index (χ3v) is 3.80. The Labute approximate surface area is 116 Å². The summed E-state index contributed by atoms with van der Waals surface area (Å²) in [5, 5.41) is 3.32. The van der Waals surface area contributed by atoms with E-state index in [4.69, 9.17) is 9.47 Å². The van der Waals surface area contributed by atoms with Crippen molar-refractivity contribution < 1.29 is 9.47 Å². The van der Waals surface area contributed by atoms with Crippen molar-refractivity contribution in [3.63, 3.8) is 0 Å². The summed E-state index contributed by atoms with van der Waals surface area (Å²) < 4.78 is 11.2. The van der Waals surface area contributed by atoms with Crippen molar-refractivity contribution in [2.75, 3.05) is 33.5 Å². The number of benzene rings is 1. The van der Waals surface area contributed by atoms with Gasteiger partial charge >= 0.3 is 0 Å². The molecule has 19 heavy (non-hydrogen) atoms. The predicted octanol–water partition coefficient (Wildman–Crippen LogP) is 2.56. The summed E-state index contributed by atoms with van der Waals surface area (Å²) in [6.45, 7) is 5.46. The first kappa shape index (κ1) is 14.5. The van der Waals surface area contributed by atoms with E-state index in [9.17, 15) is 0 Å². The van der Waals surface area contributed by atoms with Crippen molar-refractivity contribution in [3.05, 3.63) is 35.4 Å². The van der Waals surface area contributed by atoms with Crippen LogP contribution in [0.25, 0.3) is 0 Å². The highest BCUT2D eigenvalue weighted by atomic mass is 16.5. The number of ether oxygens (including phenoxy) is 2. The quantitative estimate of drug-likeness (QED) is 0.820. The zero-order valence-corrected chi connectivity index (χ0v) is 12.0. The molecule has 0 spiro atoms. The van der Waals surface area contributed by atoms with Crippen molar-refractivity contribution in [1.82, 2.24) is 5.32 Å². The number of rotatable bonds is 7. The van der Waals surface area contributed by atoms with Gasteiger partial charge in [0.2, 0.25) is 0 Å². The minimum absolute atomic E-state index is 0.272. The normalized spacial score (nSPS) is 20.6. The fourth-order valence-corrected chi connectivity index (χ4v) is 2.40. The monoisotopic (exact) mass is 263 g/mol. The summed E-state index contributed by atoms with van der Waals surface area (Å²) in [4.78, 5) is 0. The number of hydrogen-bond donors (Lipinski definition) is 1. The fourth-order valence-electron chi connectivity index (χ4n) is 2.40. The minimum Gasteiger partial charge on any atom is -0.381 e. The first-order valence-corrected chi connectivity index (χ1v) is 7.25. The number of likely N-dealkylation sites (N-methyl/N-ethyl adjacent to an activating group) is 1. The SMILES string of the molecule is CCc1ccc(C(COCC2CCOC2)NC)cc1. The van der Waals surface area contributed by atoms with Crippen LogP contribution < -0.4 is 5.32 Å². The Hall–Kier alpha value is -0.900. The Morgan fingerprint density at radius 3 is 2.74 bits per heavy atom. The Kier molecular flexibility index (Phi) is 5.83. The molecule has 2 rings (SSSR count). The fraction of sp³-hybridized carbons (Fsp3) is 0.625. The van der Waals surface area contributed by atoms with Crippen LogP contribution in [0.4, 0.5) is 0 Å². The Morgan fingerprint density at radius 1 is 1.37 bits per heavy atom. The van der Waals surface area contributed by atoms with Gasteiger partial charge in [-0.2, -0.15) is 0 Å². The molecule has 0 aliphatic carbocycles. The van der Waals surface area contributed by atoms with E-state index in [1.54, 1.807) is 0 Å². The summed E-state index contributed by atoms with van der Waals surface area (Å²) in [5.41, 5.74) is 2.67.